The number of rotatable bonds is 5. The Hall–Kier alpha value is -1.01. The molecule has 0 saturated heterocycles. The van der Waals surface area contributed by atoms with Gasteiger partial charge >= 0.3 is 5.91 Å². The predicted molar refractivity (Wildman–Crippen MR) is 56.3 cm³/mol. The number of carbonyl (C=O) groups is 1. The lowest BCUT2D eigenvalue weighted by Gasteiger charge is -2.07. The molecule has 0 aromatic heterocycles. The molecule has 14 heavy (non-hydrogen) atoms. The molecule has 1 amide bonds. The summed E-state index contributed by atoms with van der Waals surface area (Å²) in [5, 5.41) is 1.12. The zero-order chi connectivity index (χ0) is 10.8. The Kier molecular flexibility index (Phi) is 7.96. The average Bonchev–Trinajstić information content (AvgIpc) is 2.21. The molecule has 0 unspecified atom stereocenters. The number of carbonyl (C=O) groups excluding carboxylic acids is 1. The van der Waals surface area contributed by atoms with Gasteiger partial charge in [0.2, 0.25) is 0 Å². The maximum atomic E-state index is 11.1. The molecule has 0 aliphatic rings. The summed E-state index contributed by atoms with van der Waals surface area (Å²) in [6.07, 6.45) is 5.53. The molecule has 80 valence electrons. The Morgan fingerprint density at radius 1 is 1.36 bits per heavy atom. The van der Waals surface area contributed by atoms with E-state index in [1.54, 1.807) is 7.05 Å². The molecule has 0 radical (unpaired) electrons. The van der Waals surface area contributed by atoms with Gasteiger partial charge in [0.1, 0.15) is 0 Å². The molecule has 0 N–H and O–H groups in total. The standard InChI is InChI=1S/C11H19NO2/c1-4-5-6-7-8-9-10-11(13)12(2)14-3/h4-8H2,1-3H3. The minimum absolute atomic E-state index is 0.289. The normalized spacial score (nSPS) is 9.07. The van der Waals surface area contributed by atoms with Crippen LogP contribution in [-0.4, -0.2) is 25.1 Å². The van der Waals surface area contributed by atoms with Gasteiger partial charge in [0.15, 0.2) is 0 Å². The maximum Gasteiger partial charge on any atom is 0.321 e. The van der Waals surface area contributed by atoms with Crippen molar-refractivity contribution in [2.45, 2.75) is 39.0 Å². The fourth-order valence-corrected chi connectivity index (χ4v) is 0.940. The van der Waals surface area contributed by atoms with Gasteiger partial charge in [-0.1, -0.05) is 32.1 Å². The first-order valence-electron chi connectivity index (χ1n) is 5.03. The molecule has 0 aromatic carbocycles. The van der Waals surface area contributed by atoms with Crippen LogP contribution in [0.25, 0.3) is 0 Å². The molecule has 3 heteroatoms. The highest BCUT2D eigenvalue weighted by atomic mass is 16.7. The van der Waals surface area contributed by atoms with E-state index in [0.717, 1.165) is 17.9 Å². The van der Waals surface area contributed by atoms with Crippen molar-refractivity contribution in [3.63, 3.8) is 0 Å². The van der Waals surface area contributed by atoms with E-state index in [4.69, 9.17) is 0 Å². The molecular formula is C11H19NO2. The first-order valence-corrected chi connectivity index (χ1v) is 5.03. The van der Waals surface area contributed by atoms with Crippen LogP contribution in [0.1, 0.15) is 39.0 Å². The van der Waals surface area contributed by atoms with E-state index in [-0.39, 0.29) is 5.91 Å². The van der Waals surface area contributed by atoms with Gasteiger partial charge in [-0.05, 0) is 12.3 Å². The molecule has 0 aliphatic heterocycles. The van der Waals surface area contributed by atoms with Crippen LogP contribution in [0.5, 0.6) is 0 Å². The van der Waals surface area contributed by atoms with Crippen LogP contribution >= 0.6 is 0 Å². The topological polar surface area (TPSA) is 29.5 Å². The number of hydrogen-bond donors (Lipinski definition) is 0. The zero-order valence-corrected chi connectivity index (χ0v) is 9.30. The second kappa shape index (κ2) is 8.58. The fourth-order valence-electron chi connectivity index (χ4n) is 0.940. The molecule has 0 heterocycles. The van der Waals surface area contributed by atoms with Crippen LogP contribution in [0.2, 0.25) is 0 Å². The maximum absolute atomic E-state index is 11.1. The third kappa shape index (κ3) is 6.50. The summed E-state index contributed by atoms with van der Waals surface area (Å²) in [6, 6.07) is 0. The van der Waals surface area contributed by atoms with Gasteiger partial charge in [-0.2, -0.15) is 0 Å². The lowest BCUT2D eigenvalue weighted by molar-refractivity contribution is -0.161. The van der Waals surface area contributed by atoms with E-state index in [9.17, 15) is 4.79 Å². The van der Waals surface area contributed by atoms with Crippen molar-refractivity contribution in [3.05, 3.63) is 0 Å². The summed E-state index contributed by atoms with van der Waals surface area (Å²) in [7, 11) is 2.99. The van der Waals surface area contributed by atoms with E-state index < -0.39 is 0 Å². The molecule has 0 atom stereocenters. The Bertz CT molecular complexity index is 215. The molecular weight excluding hydrogens is 178 g/mol. The SMILES string of the molecule is CCCCCCC#CC(=O)N(C)OC. The highest BCUT2D eigenvalue weighted by Crippen LogP contribution is 2.00. The average molecular weight is 197 g/mol. The molecule has 0 aromatic rings. The van der Waals surface area contributed by atoms with Crippen LogP contribution in [0.4, 0.5) is 0 Å². The summed E-state index contributed by atoms with van der Waals surface area (Å²) in [6.45, 7) is 2.17. The van der Waals surface area contributed by atoms with Crippen molar-refractivity contribution in [1.82, 2.24) is 5.06 Å². The van der Waals surface area contributed by atoms with Crippen LogP contribution < -0.4 is 0 Å². The first-order chi connectivity index (χ1) is 6.72. The Morgan fingerprint density at radius 2 is 2.07 bits per heavy atom. The second-order valence-electron chi connectivity index (χ2n) is 3.10. The summed E-state index contributed by atoms with van der Waals surface area (Å²) in [5.41, 5.74) is 0. The van der Waals surface area contributed by atoms with E-state index in [2.05, 4.69) is 23.6 Å². The molecule has 0 spiro atoms. The van der Waals surface area contributed by atoms with E-state index in [0.29, 0.717) is 0 Å². The summed E-state index contributed by atoms with van der Waals surface area (Å²) in [4.78, 5) is 15.8. The largest absolute Gasteiger partial charge is 0.321 e. The lowest BCUT2D eigenvalue weighted by Crippen LogP contribution is -2.23. The zero-order valence-electron chi connectivity index (χ0n) is 9.30. The van der Waals surface area contributed by atoms with Gasteiger partial charge in [0, 0.05) is 13.5 Å². The summed E-state index contributed by atoms with van der Waals surface area (Å²) < 4.78 is 0. The summed E-state index contributed by atoms with van der Waals surface area (Å²) >= 11 is 0. The van der Waals surface area contributed by atoms with Crippen molar-refractivity contribution in [3.8, 4) is 11.8 Å². The number of hydrogen-bond acceptors (Lipinski definition) is 2. The molecule has 0 fully saturated rings. The monoisotopic (exact) mass is 197 g/mol. The summed E-state index contributed by atoms with van der Waals surface area (Å²) in [5.74, 6) is 5.07. The number of amides is 1. The Morgan fingerprint density at radius 3 is 2.64 bits per heavy atom. The Labute approximate surface area is 86.4 Å². The molecule has 3 nitrogen and oxygen atoms in total. The van der Waals surface area contributed by atoms with Crippen LogP contribution in [0.15, 0.2) is 0 Å². The molecule has 0 bridgehead atoms. The second-order valence-corrected chi connectivity index (χ2v) is 3.10. The third-order valence-corrected chi connectivity index (χ3v) is 1.91. The van der Waals surface area contributed by atoms with Crippen molar-refractivity contribution in [1.29, 1.82) is 0 Å². The van der Waals surface area contributed by atoms with Gasteiger partial charge < -0.3 is 0 Å². The van der Waals surface area contributed by atoms with E-state index >= 15 is 0 Å². The quantitative estimate of drug-likeness (QED) is 0.383. The van der Waals surface area contributed by atoms with E-state index in [1.807, 2.05) is 0 Å². The minimum atomic E-state index is -0.289. The van der Waals surface area contributed by atoms with Gasteiger partial charge in [0.05, 0.1) is 7.11 Å². The third-order valence-electron chi connectivity index (χ3n) is 1.91. The van der Waals surface area contributed by atoms with Crippen LogP contribution in [-0.2, 0) is 9.63 Å². The molecule has 0 saturated carbocycles. The first kappa shape index (κ1) is 13.0. The van der Waals surface area contributed by atoms with Crippen molar-refractivity contribution in [2.24, 2.45) is 0 Å². The number of hydroxylamine groups is 2. The lowest BCUT2D eigenvalue weighted by atomic mass is 10.2. The van der Waals surface area contributed by atoms with E-state index in [1.165, 1.54) is 26.4 Å². The van der Waals surface area contributed by atoms with Crippen molar-refractivity contribution < 1.29 is 9.63 Å². The molecule has 0 rings (SSSR count). The van der Waals surface area contributed by atoms with Crippen molar-refractivity contribution >= 4 is 5.91 Å². The highest BCUT2D eigenvalue weighted by Gasteiger charge is 2.00. The fraction of sp³-hybridized carbons (Fsp3) is 0.727. The van der Waals surface area contributed by atoms with Gasteiger partial charge in [-0.15, -0.1) is 0 Å². The van der Waals surface area contributed by atoms with Crippen LogP contribution in [0, 0.1) is 11.8 Å². The smallest absolute Gasteiger partial charge is 0.274 e. The van der Waals surface area contributed by atoms with Crippen LogP contribution in [0.3, 0.4) is 0 Å². The molecule has 0 aliphatic carbocycles. The minimum Gasteiger partial charge on any atom is -0.274 e. The van der Waals surface area contributed by atoms with Gasteiger partial charge in [-0.3, -0.25) is 9.63 Å². The van der Waals surface area contributed by atoms with Gasteiger partial charge in [0.25, 0.3) is 0 Å². The van der Waals surface area contributed by atoms with Gasteiger partial charge in [-0.25, -0.2) is 5.06 Å². The van der Waals surface area contributed by atoms with Crippen molar-refractivity contribution in [2.75, 3.05) is 14.2 Å². The number of nitrogens with zero attached hydrogens (tertiary/aromatic N) is 1. The number of unbranched alkanes of at least 4 members (excludes halogenated alkanes) is 4. The predicted octanol–water partition coefficient (Wildman–Crippen LogP) is 1.98. The Balaban J connectivity index is 3.56. The highest BCUT2D eigenvalue weighted by molar-refractivity contribution is 5.92.